The molecule has 0 unspecified atom stereocenters. The lowest BCUT2D eigenvalue weighted by Gasteiger charge is -2.12. The molecule has 0 saturated carbocycles. The molecule has 2 heterocycles. The van der Waals surface area contributed by atoms with E-state index in [-0.39, 0.29) is 0 Å². The number of nitrogens with one attached hydrogen (secondary N) is 1. The Labute approximate surface area is 122 Å². The van der Waals surface area contributed by atoms with E-state index in [1.165, 1.54) is 5.69 Å². The molecule has 5 heteroatoms. The second-order valence-electron chi connectivity index (χ2n) is 4.89. The SMILES string of the molecule is Cc1ncc(CNC(C)C)n1Cc1ccc(Br)cn1. The van der Waals surface area contributed by atoms with E-state index in [2.05, 4.69) is 49.6 Å². The van der Waals surface area contributed by atoms with Crippen molar-refractivity contribution < 1.29 is 0 Å². The molecule has 1 N–H and O–H groups in total. The molecule has 0 amide bonds. The van der Waals surface area contributed by atoms with E-state index in [1.807, 2.05) is 31.5 Å². The number of rotatable bonds is 5. The van der Waals surface area contributed by atoms with E-state index in [4.69, 9.17) is 0 Å². The Kier molecular flexibility index (Phi) is 4.71. The van der Waals surface area contributed by atoms with Crippen LogP contribution in [0.1, 0.15) is 31.1 Å². The Hall–Kier alpha value is -1.20. The van der Waals surface area contributed by atoms with Gasteiger partial charge < -0.3 is 9.88 Å². The molecule has 4 nitrogen and oxygen atoms in total. The van der Waals surface area contributed by atoms with Gasteiger partial charge in [-0.3, -0.25) is 4.98 Å². The highest BCUT2D eigenvalue weighted by Gasteiger charge is 2.08. The zero-order valence-corrected chi connectivity index (χ0v) is 13.1. The lowest BCUT2D eigenvalue weighted by molar-refractivity contribution is 0.560. The van der Waals surface area contributed by atoms with Gasteiger partial charge in [0.05, 0.1) is 17.9 Å². The van der Waals surface area contributed by atoms with Crippen molar-refractivity contribution >= 4 is 15.9 Å². The van der Waals surface area contributed by atoms with Crippen LogP contribution in [0.15, 0.2) is 29.0 Å². The summed E-state index contributed by atoms with van der Waals surface area (Å²) in [5.74, 6) is 1.02. The average molecular weight is 323 g/mol. The van der Waals surface area contributed by atoms with Gasteiger partial charge in [0, 0.05) is 29.5 Å². The molecule has 2 aromatic rings. The lowest BCUT2D eigenvalue weighted by atomic mass is 10.3. The molecule has 2 aromatic heterocycles. The van der Waals surface area contributed by atoms with Crippen LogP contribution in [0.2, 0.25) is 0 Å². The van der Waals surface area contributed by atoms with Crippen LogP contribution >= 0.6 is 15.9 Å². The van der Waals surface area contributed by atoms with Crippen molar-refractivity contribution in [1.29, 1.82) is 0 Å². The predicted octanol–water partition coefficient (Wildman–Crippen LogP) is 2.90. The fourth-order valence-electron chi connectivity index (χ4n) is 1.84. The second kappa shape index (κ2) is 6.30. The summed E-state index contributed by atoms with van der Waals surface area (Å²) in [5, 5.41) is 3.42. The van der Waals surface area contributed by atoms with Gasteiger partial charge in [-0.2, -0.15) is 0 Å². The number of imidazole rings is 1. The summed E-state index contributed by atoms with van der Waals surface area (Å²) in [6.45, 7) is 7.90. The number of aromatic nitrogens is 3. The Balaban J connectivity index is 2.14. The zero-order chi connectivity index (χ0) is 13.8. The van der Waals surface area contributed by atoms with Gasteiger partial charge in [0.15, 0.2) is 0 Å². The average Bonchev–Trinajstić information content (AvgIpc) is 2.71. The topological polar surface area (TPSA) is 42.7 Å². The molecule has 0 aliphatic rings. The van der Waals surface area contributed by atoms with Crippen molar-refractivity contribution in [3.63, 3.8) is 0 Å². The minimum absolute atomic E-state index is 0.467. The number of aryl methyl sites for hydroxylation is 1. The van der Waals surface area contributed by atoms with Gasteiger partial charge in [0.25, 0.3) is 0 Å². The Bertz CT molecular complexity index is 531. The van der Waals surface area contributed by atoms with Gasteiger partial charge in [-0.1, -0.05) is 13.8 Å². The van der Waals surface area contributed by atoms with Crippen LogP contribution in [0.4, 0.5) is 0 Å². The molecule has 0 saturated heterocycles. The zero-order valence-electron chi connectivity index (χ0n) is 11.5. The summed E-state index contributed by atoms with van der Waals surface area (Å²) in [6.07, 6.45) is 3.76. The monoisotopic (exact) mass is 322 g/mol. The van der Waals surface area contributed by atoms with Gasteiger partial charge in [-0.25, -0.2) is 4.98 Å². The molecule has 0 aliphatic carbocycles. The summed E-state index contributed by atoms with van der Waals surface area (Å²) in [4.78, 5) is 8.81. The van der Waals surface area contributed by atoms with Gasteiger partial charge in [0.2, 0.25) is 0 Å². The molecule has 2 rings (SSSR count). The van der Waals surface area contributed by atoms with Crippen LogP contribution in [0.5, 0.6) is 0 Å². The molecule has 0 aromatic carbocycles. The first-order chi connectivity index (χ1) is 9.06. The third-order valence-corrected chi connectivity index (χ3v) is 3.41. The van der Waals surface area contributed by atoms with E-state index in [1.54, 1.807) is 0 Å². The number of hydrogen-bond donors (Lipinski definition) is 1. The van der Waals surface area contributed by atoms with Crippen molar-refractivity contribution in [3.8, 4) is 0 Å². The van der Waals surface area contributed by atoms with Crippen LogP contribution in [0.3, 0.4) is 0 Å². The van der Waals surface area contributed by atoms with Crippen molar-refractivity contribution in [2.24, 2.45) is 0 Å². The maximum Gasteiger partial charge on any atom is 0.106 e. The third-order valence-electron chi connectivity index (χ3n) is 2.94. The molecule has 0 radical (unpaired) electrons. The predicted molar refractivity (Wildman–Crippen MR) is 80.0 cm³/mol. The summed E-state index contributed by atoms with van der Waals surface area (Å²) in [6, 6.07) is 4.51. The summed E-state index contributed by atoms with van der Waals surface area (Å²) >= 11 is 3.40. The third kappa shape index (κ3) is 3.88. The Morgan fingerprint density at radius 1 is 1.26 bits per heavy atom. The van der Waals surface area contributed by atoms with E-state index in [0.29, 0.717) is 6.04 Å². The van der Waals surface area contributed by atoms with Crippen molar-refractivity contribution in [1.82, 2.24) is 19.9 Å². The maximum atomic E-state index is 4.41. The van der Waals surface area contributed by atoms with Crippen molar-refractivity contribution in [2.75, 3.05) is 0 Å². The molecule has 0 atom stereocenters. The molecule has 0 spiro atoms. The van der Waals surface area contributed by atoms with Crippen molar-refractivity contribution in [2.45, 2.75) is 39.9 Å². The number of pyridine rings is 1. The van der Waals surface area contributed by atoms with Gasteiger partial charge in [-0.15, -0.1) is 0 Å². The quantitative estimate of drug-likeness (QED) is 0.920. The molecule has 0 aliphatic heterocycles. The highest BCUT2D eigenvalue weighted by atomic mass is 79.9. The lowest BCUT2D eigenvalue weighted by Crippen LogP contribution is -2.23. The first-order valence-corrected chi connectivity index (χ1v) is 7.20. The van der Waals surface area contributed by atoms with Crippen LogP contribution in [0, 0.1) is 6.92 Å². The van der Waals surface area contributed by atoms with E-state index in [0.717, 1.165) is 29.1 Å². The first-order valence-electron chi connectivity index (χ1n) is 6.41. The van der Waals surface area contributed by atoms with Crippen LogP contribution in [-0.4, -0.2) is 20.6 Å². The smallest absolute Gasteiger partial charge is 0.106 e. The van der Waals surface area contributed by atoms with Crippen LogP contribution in [0.25, 0.3) is 0 Å². The van der Waals surface area contributed by atoms with Crippen LogP contribution < -0.4 is 5.32 Å². The minimum atomic E-state index is 0.467. The summed E-state index contributed by atoms with van der Waals surface area (Å²) in [7, 11) is 0. The molecular formula is C14H19BrN4. The summed E-state index contributed by atoms with van der Waals surface area (Å²) in [5.41, 5.74) is 2.23. The standard InChI is InChI=1S/C14H19BrN4/c1-10(2)16-7-14-8-17-11(3)19(14)9-13-5-4-12(15)6-18-13/h4-6,8,10,16H,7,9H2,1-3H3. The second-order valence-corrected chi connectivity index (χ2v) is 5.80. The van der Waals surface area contributed by atoms with Crippen LogP contribution in [-0.2, 0) is 13.1 Å². The first kappa shape index (κ1) is 14.2. The van der Waals surface area contributed by atoms with Crippen molar-refractivity contribution in [3.05, 3.63) is 46.2 Å². The fraction of sp³-hybridized carbons (Fsp3) is 0.429. The Morgan fingerprint density at radius 3 is 2.68 bits per heavy atom. The van der Waals surface area contributed by atoms with Gasteiger partial charge in [0.1, 0.15) is 5.82 Å². The molecule has 19 heavy (non-hydrogen) atoms. The summed E-state index contributed by atoms with van der Waals surface area (Å²) < 4.78 is 3.20. The normalized spacial score (nSPS) is 11.2. The molecule has 0 fully saturated rings. The van der Waals surface area contributed by atoms with Gasteiger partial charge in [-0.05, 0) is 35.0 Å². The number of halogens is 1. The minimum Gasteiger partial charge on any atom is -0.325 e. The maximum absolute atomic E-state index is 4.41. The molecule has 0 bridgehead atoms. The molecule has 102 valence electrons. The largest absolute Gasteiger partial charge is 0.325 e. The number of nitrogens with zero attached hydrogens (tertiary/aromatic N) is 3. The highest BCUT2D eigenvalue weighted by molar-refractivity contribution is 9.10. The number of hydrogen-bond acceptors (Lipinski definition) is 3. The van der Waals surface area contributed by atoms with Gasteiger partial charge >= 0.3 is 0 Å². The van der Waals surface area contributed by atoms with E-state index < -0.39 is 0 Å². The highest BCUT2D eigenvalue weighted by Crippen LogP contribution is 2.11. The van der Waals surface area contributed by atoms with E-state index >= 15 is 0 Å². The fourth-order valence-corrected chi connectivity index (χ4v) is 2.08. The van der Waals surface area contributed by atoms with E-state index in [9.17, 15) is 0 Å². The molecular weight excluding hydrogens is 304 g/mol. The Morgan fingerprint density at radius 2 is 2.05 bits per heavy atom.